The van der Waals surface area contributed by atoms with E-state index in [-0.39, 0.29) is 6.10 Å². The fourth-order valence-corrected chi connectivity index (χ4v) is 3.72. The molecule has 0 aliphatic carbocycles. The van der Waals surface area contributed by atoms with Gasteiger partial charge in [0, 0.05) is 11.4 Å². The summed E-state index contributed by atoms with van der Waals surface area (Å²) in [4.78, 5) is 4.51. The molecule has 0 saturated heterocycles. The topological polar surface area (TPSA) is 88.1 Å². The van der Waals surface area contributed by atoms with Gasteiger partial charge in [0.2, 0.25) is 11.7 Å². The fourth-order valence-electron chi connectivity index (χ4n) is 3.60. The number of benzene rings is 2. The zero-order valence-electron chi connectivity index (χ0n) is 16.9. The van der Waals surface area contributed by atoms with Crippen LogP contribution in [-0.2, 0) is 30.7 Å². The molecule has 0 fully saturated rings. The van der Waals surface area contributed by atoms with E-state index >= 15 is 0 Å². The zero-order chi connectivity index (χ0) is 21.2. The summed E-state index contributed by atoms with van der Waals surface area (Å²) < 4.78 is 18.6. The highest BCUT2D eigenvalue weighted by molar-refractivity contribution is 6.30. The van der Waals surface area contributed by atoms with Crippen LogP contribution in [0.2, 0.25) is 5.02 Å². The molecule has 2 aromatic heterocycles. The average Bonchev–Trinajstić information content (AvgIpc) is 3.44. The molecule has 0 amide bonds. The number of ether oxygens (including phenoxy) is 2. The van der Waals surface area contributed by atoms with Gasteiger partial charge in [0.15, 0.2) is 5.69 Å². The van der Waals surface area contributed by atoms with Crippen molar-refractivity contribution in [2.45, 2.75) is 32.1 Å². The minimum absolute atomic E-state index is 0.108. The molecule has 8 nitrogen and oxygen atoms in total. The third kappa shape index (κ3) is 4.17. The number of halogens is 1. The lowest BCUT2D eigenvalue weighted by molar-refractivity contribution is -0.00112. The van der Waals surface area contributed by atoms with E-state index in [4.69, 9.17) is 25.6 Å². The van der Waals surface area contributed by atoms with Crippen molar-refractivity contribution < 1.29 is 14.0 Å². The summed E-state index contributed by atoms with van der Waals surface area (Å²) in [6, 6.07) is 15.6. The Labute approximate surface area is 183 Å². The van der Waals surface area contributed by atoms with Crippen molar-refractivity contribution in [2.75, 3.05) is 7.11 Å². The fraction of sp³-hybridized carbons (Fsp3) is 0.273. The van der Waals surface area contributed by atoms with Crippen LogP contribution in [0.1, 0.15) is 28.8 Å². The maximum atomic E-state index is 6.04. The Bertz CT molecular complexity index is 1190. The van der Waals surface area contributed by atoms with E-state index in [1.807, 2.05) is 53.2 Å². The van der Waals surface area contributed by atoms with Gasteiger partial charge in [0.25, 0.3) is 0 Å². The minimum Gasteiger partial charge on any atom is -0.497 e. The molecule has 1 atom stereocenters. The standard InChI is InChI=1S/C22H20ClN5O3/c1-29-17-4-2-3-14(11-17)5-10-20-24-22(26-31-20)21-18-13-30-19(12-28(18)27-25-21)15-6-8-16(23)9-7-15/h2-4,6-9,11,19H,5,10,12-13H2,1H3/t19-/m0/s1. The maximum absolute atomic E-state index is 6.04. The molecular weight excluding hydrogens is 418 g/mol. The van der Waals surface area contributed by atoms with Crippen LogP contribution in [0.4, 0.5) is 0 Å². The minimum atomic E-state index is -0.108. The summed E-state index contributed by atoms with van der Waals surface area (Å²) in [6.07, 6.45) is 1.28. The normalized spacial score (nSPS) is 15.6. The molecule has 9 heteroatoms. The molecular formula is C22H20ClN5O3. The summed E-state index contributed by atoms with van der Waals surface area (Å²) >= 11 is 5.98. The molecule has 0 spiro atoms. The van der Waals surface area contributed by atoms with Crippen LogP contribution < -0.4 is 4.74 Å². The molecule has 5 rings (SSSR count). The second-order valence-corrected chi connectivity index (χ2v) is 7.72. The first-order valence-electron chi connectivity index (χ1n) is 9.95. The number of hydrogen-bond acceptors (Lipinski definition) is 7. The summed E-state index contributed by atoms with van der Waals surface area (Å²) in [6.45, 7) is 0.924. The number of methoxy groups -OCH3 is 1. The Balaban J connectivity index is 1.28. The summed E-state index contributed by atoms with van der Waals surface area (Å²) in [5.74, 6) is 1.81. The highest BCUT2D eigenvalue weighted by Crippen LogP contribution is 2.30. The highest BCUT2D eigenvalue weighted by Gasteiger charge is 2.27. The van der Waals surface area contributed by atoms with Crippen LogP contribution in [0, 0.1) is 0 Å². The van der Waals surface area contributed by atoms with E-state index < -0.39 is 0 Å². The Morgan fingerprint density at radius 2 is 2.03 bits per heavy atom. The number of hydrogen-bond donors (Lipinski definition) is 0. The van der Waals surface area contributed by atoms with Gasteiger partial charge in [-0.1, -0.05) is 46.2 Å². The van der Waals surface area contributed by atoms with Gasteiger partial charge >= 0.3 is 0 Å². The Morgan fingerprint density at radius 1 is 1.16 bits per heavy atom. The first-order chi connectivity index (χ1) is 15.2. The van der Waals surface area contributed by atoms with Crippen LogP contribution in [0.25, 0.3) is 11.5 Å². The summed E-state index contributed by atoms with van der Waals surface area (Å²) in [5.41, 5.74) is 3.62. The van der Waals surface area contributed by atoms with Crippen molar-refractivity contribution in [3.63, 3.8) is 0 Å². The first kappa shape index (κ1) is 19.7. The molecule has 3 heterocycles. The van der Waals surface area contributed by atoms with Crippen molar-refractivity contribution >= 4 is 11.6 Å². The van der Waals surface area contributed by atoms with Crippen molar-refractivity contribution in [1.29, 1.82) is 0 Å². The van der Waals surface area contributed by atoms with Gasteiger partial charge in [-0.2, -0.15) is 4.98 Å². The number of nitrogens with zero attached hydrogens (tertiary/aromatic N) is 5. The van der Waals surface area contributed by atoms with Crippen LogP contribution in [0.15, 0.2) is 53.1 Å². The summed E-state index contributed by atoms with van der Waals surface area (Å²) in [5, 5.41) is 13.3. The monoisotopic (exact) mass is 437 g/mol. The Hall–Kier alpha value is -3.23. The van der Waals surface area contributed by atoms with E-state index in [9.17, 15) is 0 Å². The number of rotatable bonds is 6. The molecule has 0 radical (unpaired) electrons. The molecule has 0 unspecified atom stereocenters. The lowest BCUT2D eigenvalue weighted by Gasteiger charge is -2.24. The second-order valence-electron chi connectivity index (χ2n) is 7.28. The van der Waals surface area contributed by atoms with E-state index in [0.29, 0.717) is 42.0 Å². The van der Waals surface area contributed by atoms with E-state index in [1.165, 1.54) is 0 Å². The van der Waals surface area contributed by atoms with Gasteiger partial charge in [-0.15, -0.1) is 5.10 Å². The van der Waals surface area contributed by atoms with Crippen LogP contribution in [0.3, 0.4) is 0 Å². The Morgan fingerprint density at radius 3 is 2.87 bits per heavy atom. The van der Waals surface area contributed by atoms with Crippen molar-refractivity contribution in [2.24, 2.45) is 0 Å². The highest BCUT2D eigenvalue weighted by atomic mass is 35.5. The molecule has 1 aliphatic heterocycles. The lowest BCUT2D eigenvalue weighted by Crippen LogP contribution is -2.22. The molecule has 158 valence electrons. The van der Waals surface area contributed by atoms with E-state index in [1.54, 1.807) is 7.11 Å². The zero-order valence-corrected chi connectivity index (χ0v) is 17.6. The van der Waals surface area contributed by atoms with Crippen LogP contribution in [0.5, 0.6) is 5.75 Å². The molecule has 31 heavy (non-hydrogen) atoms. The van der Waals surface area contributed by atoms with Crippen LogP contribution >= 0.6 is 11.6 Å². The van der Waals surface area contributed by atoms with Crippen LogP contribution in [-0.4, -0.2) is 32.2 Å². The van der Waals surface area contributed by atoms with Crippen molar-refractivity contribution in [3.8, 4) is 17.3 Å². The molecule has 2 aromatic carbocycles. The third-order valence-corrected chi connectivity index (χ3v) is 5.53. The van der Waals surface area contributed by atoms with Gasteiger partial charge in [-0.25, -0.2) is 4.68 Å². The third-order valence-electron chi connectivity index (χ3n) is 5.28. The maximum Gasteiger partial charge on any atom is 0.227 e. The van der Waals surface area contributed by atoms with Gasteiger partial charge in [-0.05, 0) is 41.8 Å². The molecule has 0 bridgehead atoms. The number of aryl methyl sites for hydroxylation is 2. The van der Waals surface area contributed by atoms with Gasteiger partial charge in [0.05, 0.1) is 26.0 Å². The van der Waals surface area contributed by atoms with Crippen molar-refractivity contribution in [3.05, 3.63) is 76.3 Å². The predicted molar refractivity (Wildman–Crippen MR) is 113 cm³/mol. The smallest absolute Gasteiger partial charge is 0.227 e. The number of fused-ring (bicyclic) bond motifs is 1. The van der Waals surface area contributed by atoms with Crippen molar-refractivity contribution in [1.82, 2.24) is 25.1 Å². The largest absolute Gasteiger partial charge is 0.497 e. The lowest BCUT2D eigenvalue weighted by atomic mass is 10.1. The van der Waals surface area contributed by atoms with Gasteiger partial charge < -0.3 is 14.0 Å². The first-order valence-corrected chi connectivity index (χ1v) is 10.3. The molecule has 0 N–H and O–H groups in total. The summed E-state index contributed by atoms with van der Waals surface area (Å²) in [7, 11) is 1.66. The second kappa shape index (κ2) is 8.49. The SMILES string of the molecule is COc1cccc(CCc2nc(-c3nnn4c3CO[C@H](c3ccc(Cl)cc3)C4)no2)c1. The number of aromatic nitrogens is 5. The predicted octanol–water partition coefficient (Wildman–Crippen LogP) is 4.05. The van der Waals surface area contributed by atoms with Gasteiger partial charge in [-0.3, -0.25) is 0 Å². The molecule has 1 aliphatic rings. The average molecular weight is 438 g/mol. The molecule has 0 saturated carbocycles. The quantitative estimate of drug-likeness (QED) is 0.449. The van der Waals surface area contributed by atoms with E-state index in [0.717, 1.165) is 29.0 Å². The Kier molecular flexibility index (Phi) is 5.40. The van der Waals surface area contributed by atoms with Gasteiger partial charge in [0.1, 0.15) is 11.9 Å². The van der Waals surface area contributed by atoms with E-state index in [2.05, 4.69) is 20.5 Å². The molecule has 4 aromatic rings.